The van der Waals surface area contributed by atoms with Crippen molar-refractivity contribution >= 4 is 11.7 Å². The molecule has 0 saturated carbocycles. The van der Waals surface area contributed by atoms with E-state index < -0.39 is 0 Å². The minimum atomic E-state index is -0.384. The third kappa shape index (κ3) is 1.97. The Kier molecular flexibility index (Phi) is 3.17. The molecule has 2 aliphatic heterocycles. The molecule has 2 fully saturated rings. The van der Waals surface area contributed by atoms with E-state index >= 15 is 0 Å². The average Bonchev–Trinajstić information content (AvgIpc) is 3.00. The molecule has 2 atom stereocenters. The third-order valence-electron chi connectivity index (χ3n) is 4.81. The second-order valence-electron chi connectivity index (χ2n) is 6.18. The highest BCUT2D eigenvalue weighted by Gasteiger charge is 2.49. The van der Waals surface area contributed by atoms with Crippen LogP contribution in [0.2, 0.25) is 0 Å². The number of nitrogens with zero attached hydrogens (tertiary/aromatic N) is 2. The van der Waals surface area contributed by atoms with Gasteiger partial charge < -0.3 is 15.0 Å². The number of rotatable bonds is 2. The third-order valence-corrected chi connectivity index (χ3v) is 4.81. The zero-order valence-electron chi connectivity index (χ0n) is 12.2. The Morgan fingerprint density at radius 2 is 2.30 bits per heavy atom. The molecule has 1 aromatic rings. The van der Waals surface area contributed by atoms with Gasteiger partial charge in [0.25, 0.3) is 0 Å². The summed E-state index contributed by atoms with van der Waals surface area (Å²) in [6.07, 6.45) is 1.68. The van der Waals surface area contributed by atoms with E-state index in [1.807, 2.05) is 12.1 Å². The molecule has 1 N–H and O–H groups in total. The maximum atomic E-state index is 11.6. The van der Waals surface area contributed by atoms with Gasteiger partial charge in [0.05, 0.1) is 7.11 Å². The lowest BCUT2D eigenvalue weighted by Crippen LogP contribution is -2.44. The minimum Gasteiger partial charge on any atom is -0.464 e. The molecule has 5 heteroatoms. The lowest BCUT2D eigenvalue weighted by molar-refractivity contribution is 0.0594. The molecular formula is C15H21N3O2. The number of carbonyl (C=O) groups is 1. The van der Waals surface area contributed by atoms with Crippen molar-refractivity contribution in [2.75, 3.05) is 31.6 Å². The number of anilines is 1. The summed E-state index contributed by atoms with van der Waals surface area (Å²) < 4.78 is 4.75. The molecule has 0 spiro atoms. The van der Waals surface area contributed by atoms with E-state index in [9.17, 15) is 4.79 Å². The van der Waals surface area contributed by atoms with Crippen LogP contribution in [0.25, 0.3) is 0 Å². The molecule has 1 aromatic heterocycles. The first-order valence-electron chi connectivity index (χ1n) is 7.06. The summed E-state index contributed by atoms with van der Waals surface area (Å²) in [5.74, 6) is 0.947. The summed E-state index contributed by atoms with van der Waals surface area (Å²) in [4.78, 5) is 18.1. The number of fused-ring (bicyclic) bond motifs is 1. The number of methoxy groups -OCH3 is 1. The van der Waals surface area contributed by atoms with Gasteiger partial charge in [-0.15, -0.1) is 0 Å². The number of carbonyl (C=O) groups excluding carboxylic acids is 1. The Hall–Kier alpha value is -1.62. The van der Waals surface area contributed by atoms with Crippen LogP contribution in [-0.2, 0) is 4.74 Å². The van der Waals surface area contributed by atoms with E-state index in [1.165, 1.54) is 7.11 Å². The number of pyridine rings is 1. The van der Waals surface area contributed by atoms with E-state index in [2.05, 4.69) is 29.0 Å². The van der Waals surface area contributed by atoms with E-state index in [0.717, 1.165) is 25.3 Å². The topological polar surface area (TPSA) is 54.5 Å². The molecule has 5 nitrogen and oxygen atoms in total. The van der Waals surface area contributed by atoms with Crippen LogP contribution in [0.4, 0.5) is 5.69 Å². The van der Waals surface area contributed by atoms with Crippen molar-refractivity contribution < 1.29 is 9.53 Å². The highest BCUT2D eigenvalue weighted by molar-refractivity contribution is 5.88. The molecule has 3 heterocycles. The Morgan fingerprint density at radius 3 is 3.00 bits per heavy atom. The van der Waals surface area contributed by atoms with Crippen LogP contribution in [0.3, 0.4) is 0 Å². The van der Waals surface area contributed by atoms with Gasteiger partial charge in [-0.1, -0.05) is 0 Å². The molecule has 0 bridgehead atoms. The molecule has 20 heavy (non-hydrogen) atoms. The smallest absolute Gasteiger partial charge is 0.356 e. The second kappa shape index (κ2) is 4.74. The average molecular weight is 275 g/mol. The first-order chi connectivity index (χ1) is 9.54. The summed E-state index contributed by atoms with van der Waals surface area (Å²) in [6, 6.07) is 3.81. The van der Waals surface area contributed by atoms with E-state index in [4.69, 9.17) is 4.74 Å². The van der Waals surface area contributed by atoms with E-state index in [-0.39, 0.29) is 11.5 Å². The van der Waals surface area contributed by atoms with Gasteiger partial charge in [0.1, 0.15) is 5.69 Å². The number of hydrogen-bond acceptors (Lipinski definition) is 5. The van der Waals surface area contributed by atoms with Crippen LogP contribution in [-0.4, -0.2) is 43.2 Å². The Morgan fingerprint density at radius 1 is 1.50 bits per heavy atom. The Labute approximate surface area is 119 Å². The van der Waals surface area contributed by atoms with Crippen molar-refractivity contribution in [3.8, 4) is 0 Å². The molecular weight excluding hydrogens is 254 g/mol. The standard InChI is InChI=1S/C15H21N3O2/c1-15(2)12-8-16-7-10(12)9-18(15)11-4-5-17-13(6-11)14(19)20-3/h4-6,10,12,16H,7-9H2,1-3H3. The quantitative estimate of drug-likeness (QED) is 0.825. The number of esters is 1. The van der Waals surface area contributed by atoms with Crippen molar-refractivity contribution in [1.82, 2.24) is 10.3 Å². The summed E-state index contributed by atoms with van der Waals surface area (Å²) >= 11 is 0. The van der Waals surface area contributed by atoms with Gasteiger partial charge in [-0.25, -0.2) is 9.78 Å². The van der Waals surface area contributed by atoms with Gasteiger partial charge in [-0.3, -0.25) is 0 Å². The van der Waals surface area contributed by atoms with Gasteiger partial charge in [0.2, 0.25) is 0 Å². The van der Waals surface area contributed by atoms with E-state index in [0.29, 0.717) is 17.5 Å². The predicted octanol–water partition coefficient (Wildman–Crippen LogP) is 1.30. The number of aromatic nitrogens is 1. The molecule has 2 aliphatic rings. The summed E-state index contributed by atoms with van der Waals surface area (Å²) in [5.41, 5.74) is 1.51. The molecule has 108 valence electrons. The van der Waals surface area contributed by atoms with Crippen molar-refractivity contribution in [3.05, 3.63) is 24.0 Å². The largest absolute Gasteiger partial charge is 0.464 e. The van der Waals surface area contributed by atoms with Gasteiger partial charge >= 0.3 is 5.97 Å². The fourth-order valence-electron chi connectivity index (χ4n) is 3.66. The minimum absolute atomic E-state index is 0.0862. The van der Waals surface area contributed by atoms with Crippen LogP contribution in [0.15, 0.2) is 18.3 Å². The second-order valence-corrected chi connectivity index (χ2v) is 6.18. The molecule has 0 radical (unpaired) electrons. The van der Waals surface area contributed by atoms with Gasteiger partial charge in [0, 0.05) is 37.1 Å². The van der Waals surface area contributed by atoms with Gasteiger partial charge in [-0.2, -0.15) is 0 Å². The highest BCUT2D eigenvalue weighted by Crippen LogP contribution is 2.43. The summed E-state index contributed by atoms with van der Waals surface area (Å²) in [6.45, 7) is 7.74. The van der Waals surface area contributed by atoms with Crippen molar-refractivity contribution in [3.63, 3.8) is 0 Å². The SMILES string of the molecule is COC(=O)c1cc(N2CC3CNCC3C2(C)C)ccn1. The summed E-state index contributed by atoms with van der Waals surface area (Å²) in [5, 5.41) is 3.48. The monoisotopic (exact) mass is 275 g/mol. The lowest BCUT2D eigenvalue weighted by atomic mass is 9.85. The van der Waals surface area contributed by atoms with Crippen molar-refractivity contribution in [1.29, 1.82) is 0 Å². The maximum Gasteiger partial charge on any atom is 0.356 e. The zero-order valence-corrected chi connectivity index (χ0v) is 12.2. The fourth-order valence-corrected chi connectivity index (χ4v) is 3.66. The van der Waals surface area contributed by atoms with Crippen molar-refractivity contribution in [2.45, 2.75) is 19.4 Å². The predicted molar refractivity (Wildman–Crippen MR) is 76.9 cm³/mol. The first kappa shape index (κ1) is 13.4. The van der Waals surface area contributed by atoms with Crippen LogP contribution < -0.4 is 10.2 Å². The fraction of sp³-hybridized carbons (Fsp3) is 0.600. The molecule has 2 unspecified atom stereocenters. The van der Waals surface area contributed by atoms with Crippen LogP contribution in [0, 0.1) is 11.8 Å². The highest BCUT2D eigenvalue weighted by atomic mass is 16.5. The van der Waals surface area contributed by atoms with Gasteiger partial charge in [0.15, 0.2) is 0 Å². The summed E-state index contributed by atoms with van der Waals surface area (Å²) in [7, 11) is 1.38. The van der Waals surface area contributed by atoms with Gasteiger partial charge in [-0.05, 0) is 37.8 Å². The van der Waals surface area contributed by atoms with E-state index in [1.54, 1.807) is 6.20 Å². The molecule has 2 saturated heterocycles. The molecule has 0 amide bonds. The Balaban J connectivity index is 1.92. The molecule has 0 aliphatic carbocycles. The lowest BCUT2D eigenvalue weighted by Gasteiger charge is -2.37. The van der Waals surface area contributed by atoms with Crippen LogP contribution >= 0.6 is 0 Å². The van der Waals surface area contributed by atoms with Crippen LogP contribution in [0.1, 0.15) is 24.3 Å². The molecule has 3 rings (SSSR count). The number of hydrogen-bond donors (Lipinski definition) is 1. The normalized spacial score (nSPS) is 27.4. The molecule has 0 aromatic carbocycles. The first-order valence-corrected chi connectivity index (χ1v) is 7.06. The maximum absolute atomic E-state index is 11.6. The van der Waals surface area contributed by atoms with Crippen LogP contribution in [0.5, 0.6) is 0 Å². The number of nitrogens with one attached hydrogen (secondary N) is 1. The number of ether oxygens (including phenoxy) is 1. The Bertz CT molecular complexity index is 530. The van der Waals surface area contributed by atoms with Crippen molar-refractivity contribution in [2.24, 2.45) is 11.8 Å². The zero-order chi connectivity index (χ0) is 14.3.